The highest BCUT2D eigenvalue weighted by Gasteiger charge is 2.54. The molecule has 0 radical (unpaired) electrons. The summed E-state index contributed by atoms with van der Waals surface area (Å²) < 4.78 is 5.83. The van der Waals surface area contributed by atoms with E-state index in [1.807, 2.05) is 6.07 Å². The first kappa shape index (κ1) is 18.4. The zero-order valence-corrected chi connectivity index (χ0v) is 17.3. The topological polar surface area (TPSA) is 56.0 Å². The summed E-state index contributed by atoms with van der Waals surface area (Å²) in [4.78, 5) is 13.1. The average molecular weight is 397 g/mol. The van der Waals surface area contributed by atoms with Crippen molar-refractivity contribution >= 4 is 17.5 Å². The Balaban J connectivity index is 1.18. The standard InChI is InChI=1S/C23H28N2O2S/c1-15(19-5-3-2-4-6-19)7-21-24-25-22(27-21)28-14-20(26)23-11-16-8-17(12-23)10-18(9-16)13-23/h2-6,15-18H,7-14H2,1H3. The second-order valence-corrected chi connectivity index (χ2v) is 10.3. The van der Waals surface area contributed by atoms with Crippen molar-refractivity contribution in [1.82, 2.24) is 10.2 Å². The summed E-state index contributed by atoms with van der Waals surface area (Å²) in [6.07, 6.45) is 8.21. The minimum absolute atomic E-state index is 0.0353. The smallest absolute Gasteiger partial charge is 0.277 e. The minimum Gasteiger partial charge on any atom is -0.416 e. The number of aromatic nitrogens is 2. The molecule has 4 aliphatic carbocycles. The van der Waals surface area contributed by atoms with Crippen LogP contribution in [0.25, 0.3) is 0 Å². The van der Waals surface area contributed by atoms with E-state index in [2.05, 4.69) is 41.4 Å². The van der Waals surface area contributed by atoms with Gasteiger partial charge >= 0.3 is 0 Å². The molecule has 0 N–H and O–H groups in total. The third-order valence-electron chi connectivity index (χ3n) is 7.25. The summed E-state index contributed by atoms with van der Waals surface area (Å²) in [6.45, 7) is 2.17. The largest absolute Gasteiger partial charge is 0.416 e. The molecule has 4 aliphatic rings. The Labute approximate surface area is 170 Å². The summed E-state index contributed by atoms with van der Waals surface area (Å²) in [6, 6.07) is 10.4. The molecule has 0 amide bonds. The lowest BCUT2D eigenvalue weighted by atomic mass is 9.48. The summed E-state index contributed by atoms with van der Waals surface area (Å²) in [5.74, 6) is 4.28. The molecule has 148 valence electrons. The highest BCUT2D eigenvalue weighted by molar-refractivity contribution is 7.99. The molecule has 1 unspecified atom stereocenters. The molecule has 4 fully saturated rings. The van der Waals surface area contributed by atoms with Crippen LogP contribution in [0.3, 0.4) is 0 Å². The molecule has 1 aromatic carbocycles. The van der Waals surface area contributed by atoms with Crippen molar-refractivity contribution in [3.05, 3.63) is 41.8 Å². The highest BCUT2D eigenvalue weighted by Crippen LogP contribution is 2.60. The Kier molecular flexibility index (Phi) is 4.82. The Bertz CT molecular complexity index is 812. The lowest BCUT2D eigenvalue weighted by molar-refractivity contribution is -0.141. The quantitative estimate of drug-likeness (QED) is 0.595. The van der Waals surface area contributed by atoms with E-state index in [1.54, 1.807) is 0 Å². The zero-order chi connectivity index (χ0) is 19.1. The van der Waals surface area contributed by atoms with Gasteiger partial charge in [-0.25, -0.2) is 0 Å². The zero-order valence-electron chi connectivity index (χ0n) is 16.5. The number of ketones is 1. The molecule has 0 saturated heterocycles. The van der Waals surface area contributed by atoms with Crippen molar-refractivity contribution in [2.45, 2.75) is 63.0 Å². The molecule has 6 rings (SSSR count). The molecule has 0 aliphatic heterocycles. The van der Waals surface area contributed by atoms with Crippen LogP contribution < -0.4 is 0 Å². The minimum atomic E-state index is -0.0353. The number of Topliss-reactive ketones (excluding diaryl/α,β-unsaturated/α-hetero) is 1. The third kappa shape index (κ3) is 3.54. The Morgan fingerprint density at radius 1 is 1.11 bits per heavy atom. The van der Waals surface area contributed by atoms with Crippen molar-refractivity contribution in [2.75, 3.05) is 5.75 Å². The molecule has 4 saturated carbocycles. The Morgan fingerprint density at radius 2 is 1.75 bits per heavy atom. The number of hydrogen-bond donors (Lipinski definition) is 0. The second kappa shape index (κ2) is 7.33. The van der Waals surface area contributed by atoms with Crippen LogP contribution in [0.2, 0.25) is 0 Å². The van der Waals surface area contributed by atoms with Gasteiger partial charge in [-0.05, 0) is 67.8 Å². The molecule has 4 nitrogen and oxygen atoms in total. The van der Waals surface area contributed by atoms with Gasteiger partial charge < -0.3 is 4.42 Å². The van der Waals surface area contributed by atoms with E-state index < -0.39 is 0 Å². The van der Waals surface area contributed by atoms with Gasteiger partial charge in [-0.2, -0.15) is 0 Å². The van der Waals surface area contributed by atoms with Gasteiger partial charge in [-0.3, -0.25) is 4.79 Å². The first-order valence-electron chi connectivity index (χ1n) is 10.6. The number of carbonyl (C=O) groups is 1. The molecule has 28 heavy (non-hydrogen) atoms. The molecular weight excluding hydrogens is 368 g/mol. The molecule has 2 aromatic rings. The van der Waals surface area contributed by atoms with Crippen LogP contribution in [0.5, 0.6) is 0 Å². The fraction of sp³-hybridized carbons (Fsp3) is 0.609. The summed E-state index contributed by atoms with van der Waals surface area (Å²) in [5, 5.41) is 8.91. The maximum Gasteiger partial charge on any atom is 0.277 e. The van der Waals surface area contributed by atoms with Crippen LogP contribution >= 0.6 is 11.8 Å². The predicted octanol–water partition coefficient (Wildman–Crippen LogP) is 5.29. The summed E-state index contributed by atoms with van der Waals surface area (Å²) >= 11 is 1.43. The summed E-state index contributed by atoms with van der Waals surface area (Å²) in [7, 11) is 0. The number of thioether (sulfide) groups is 1. The SMILES string of the molecule is CC(Cc1nnc(SCC(=O)C23CC4CC(CC(C4)C2)C3)o1)c1ccccc1. The van der Waals surface area contributed by atoms with E-state index >= 15 is 0 Å². The van der Waals surface area contributed by atoms with Crippen LogP contribution in [0.15, 0.2) is 40.0 Å². The molecule has 1 atom stereocenters. The lowest BCUT2D eigenvalue weighted by Gasteiger charge is -2.55. The average Bonchev–Trinajstić information content (AvgIpc) is 3.13. The maximum atomic E-state index is 13.1. The lowest BCUT2D eigenvalue weighted by Crippen LogP contribution is -2.50. The van der Waals surface area contributed by atoms with E-state index in [1.165, 1.54) is 36.6 Å². The Morgan fingerprint density at radius 3 is 2.39 bits per heavy atom. The van der Waals surface area contributed by atoms with Crippen molar-refractivity contribution in [1.29, 1.82) is 0 Å². The maximum absolute atomic E-state index is 13.1. The summed E-state index contributed by atoms with van der Waals surface area (Å²) in [5.41, 5.74) is 1.23. The molecule has 0 spiro atoms. The normalized spacial score (nSPS) is 31.8. The number of carbonyl (C=O) groups excluding carboxylic acids is 1. The number of nitrogens with zero attached hydrogens (tertiary/aromatic N) is 2. The fourth-order valence-electron chi connectivity index (χ4n) is 6.27. The Hall–Kier alpha value is -1.62. The molecule has 5 heteroatoms. The fourth-order valence-corrected chi connectivity index (χ4v) is 7.09. The van der Waals surface area contributed by atoms with Crippen molar-refractivity contribution in [3.63, 3.8) is 0 Å². The first-order chi connectivity index (χ1) is 13.6. The van der Waals surface area contributed by atoms with Gasteiger partial charge in [0.25, 0.3) is 5.22 Å². The monoisotopic (exact) mass is 396 g/mol. The van der Waals surface area contributed by atoms with E-state index in [0.29, 0.717) is 28.6 Å². The molecule has 1 aromatic heterocycles. The van der Waals surface area contributed by atoms with E-state index in [-0.39, 0.29) is 5.41 Å². The number of hydrogen-bond acceptors (Lipinski definition) is 5. The van der Waals surface area contributed by atoms with Gasteiger partial charge in [-0.1, -0.05) is 49.0 Å². The van der Waals surface area contributed by atoms with Crippen LogP contribution in [0, 0.1) is 23.2 Å². The van der Waals surface area contributed by atoms with Crippen LogP contribution in [0.1, 0.15) is 62.8 Å². The number of rotatable bonds is 7. The van der Waals surface area contributed by atoms with Crippen molar-refractivity contribution in [3.8, 4) is 0 Å². The van der Waals surface area contributed by atoms with Crippen molar-refractivity contribution < 1.29 is 9.21 Å². The van der Waals surface area contributed by atoms with Gasteiger partial charge in [0.05, 0.1) is 5.75 Å². The first-order valence-corrected chi connectivity index (χ1v) is 11.6. The molecule has 1 heterocycles. The molecule has 4 bridgehead atoms. The number of benzene rings is 1. The third-order valence-corrected chi connectivity index (χ3v) is 8.07. The predicted molar refractivity (Wildman–Crippen MR) is 109 cm³/mol. The van der Waals surface area contributed by atoms with Gasteiger partial charge in [-0.15, -0.1) is 10.2 Å². The van der Waals surface area contributed by atoms with Crippen LogP contribution in [-0.2, 0) is 11.2 Å². The second-order valence-electron chi connectivity index (χ2n) is 9.39. The van der Waals surface area contributed by atoms with E-state index in [4.69, 9.17) is 4.42 Å². The molecular formula is C23H28N2O2S. The van der Waals surface area contributed by atoms with E-state index in [9.17, 15) is 4.79 Å². The van der Waals surface area contributed by atoms with Crippen LogP contribution in [0.4, 0.5) is 0 Å². The highest BCUT2D eigenvalue weighted by atomic mass is 32.2. The van der Waals surface area contributed by atoms with Crippen molar-refractivity contribution in [2.24, 2.45) is 23.2 Å². The van der Waals surface area contributed by atoms with E-state index in [0.717, 1.165) is 43.4 Å². The van der Waals surface area contributed by atoms with Gasteiger partial charge in [0.15, 0.2) is 0 Å². The van der Waals surface area contributed by atoms with Gasteiger partial charge in [0.1, 0.15) is 5.78 Å². The van der Waals surface area contributed by atoms with Gasteiger partial charge in [0, 0.05) is 11.8 Å². The van der Waals surface area contributed by atoms with Crippen LogP contribution in [-0.4, -0.2) is 21.7 Å². The van der Waals surface area contributed by atoms with Gasteiger partial charge in [0.2, 0.25) is 5.89 Å².